The third-order valence-electron chi connectivity index (χ3n) is 3.00. The van der Waals surface area contributed by atoms with Crippen molar-refractivity contribution < 1.29 is 15.0 Å². The van der Waals surface area contributed by atoms with Gasteiger partial charge in [0.1, 0.15) is 11.5 Å². The van der Waals surface area contributed by atoms with Crippen molar-refractivity contribution in [3.8, 4) is 5.75 Å². The van der Waals surface area contributed by atoms with E-state index in [9.17, 15) is 9.90 Å². The van der Waals surface area contributed by atoms with Crippen LogP contribution in [0.3, 0.4) is 0 Å². The van der Waals surface area contributed by atoms with Crippen LogP contribution in [0.25, 0.3) is 0 Å². The van der Waals surface area contributed by atoms with E-state index in [4.69, 9.17) is 5.11 Å². The van der Waals surface area contributed by atoms with Gasteiger partial charge in [-0.05, 0) is 23.6 Å². The van der Waals surface area contributed by atoms with Crippen LogP contribution in [-0.2, 0) is 11.4 Å². The molecule has 1 aromatic rings. The summed E-state index contributed by atoms with van der Waals surface area (Å²) >= 11 is 0. The average Bonchev–Trinajstić information content (AvgIpc) is 2.30. The van der Waals surface area contributed by atoms with Crippen molar-refractivity contribution in [1.29, 1.82) is 0 Å². The minimum atomic E-state index is -0.217. The van der Waals surface area contributed by atoms with Crippen LogP contribution in [-0.4, -0.2) is 16.0 Å². The van der Waals surface area contributed by atoms with Crippen molar-refractivity contribution in [3.63, 3.8) is 0 Å². The Morgan fingerprint density at radius 1 is 1.35 bits per heavy atom. The molecule has 0 fully saturated rings. The van der Waals surface area contributed by atoms with Crippen LogP contribution in [0, 0.1) is 5.92 Å². The molecule has 0 bridgehead atoms. The number of rotatable bonds is 5. The van der Waals surface area contributed by atoms with Gasteiger partial charge in [-0.25, -0.2) is 0 Å². The first-order valence-electron chi connectivity index (χ1n) is 5.96. The topological polar surface area (TPSA) is 57.5 Å². The number of benzene rings is 1. The van der Waals surface area contributed by atoms with Crippen LogP contribution in [0.2, 0.25) is 0 Å². The molecule has 0 saturated heterocycles. The van der Waals surface area contributed by atoms with Gasteiger partial charge in [-0.3, -0.25) is 4.79 Å². The molecule has 0 radical (unpaired) electrons. The van der Waals surface area contributed by atoms with Crippen molar-refractivity contribution in [2.24, 2.45) is 5.92 Å². The maximum absolute atomic E-state index is 11.9. The fourth-order valence-corrected chi connectivity index (χ4v) is 2.09. The number of Topliss-reactive ketones (excluding diaryl/α,β-unsaturated/α-hetero) is 1. The van der Waals surface area contributed by atoms with Crippen LogP contribution in [0.4, 0.5) is 0 Å². The summed E-state index contributed by atoms with van der Waals surface area (Å²) in [5.41, 5.74) is 1.34. The van der Waals surface area contributed by atoms with Gasteiger partial charge in [0.25, 0.3) is 0 Å². The van der Waals surface area contributed by atoms with Crippen molar-refractivity contribution in [1.82, 2.24) is 0 Å². The molecular weight excluding hydrogens is 216 g/mol. The Balaban J connectivity index is 3.15. The van der Waals surface area contributed by atoms with Crippen molar-refractivity contribution in [2.45, 2.75) is 39.7 Å². The van der Waals surface area contributed by atoms with E-state index in [1.165, 1.54) is 0 Å². The lowest BCUT2D eigenvalue weighted by molar-refractivity contribution is -0.121. The second kappa shape index (κ2) is 5.82. The zero-order valence-electron chi connectivity index (χ0n) is 10.6. The molecule has 17 heavy (non-hydrogen) atoms. The molecule has 1 unspecified atom stereocenters. The van der Waals surface area contributed by atoms with Crippen LogP contribution in [0.15, 0.2) is 18.2 Å². The Labute approximate surface area is 102 Å². The normalized spacial score (nSPS) is 12.8. The van der Waals surface area contributed by atoms with Crippen LogP contribution >= 0.6 is 0 Å². The van der Waals surface area contributed by atoms with E-state index in [1.807, 2.05) is 20.8 Å². The molecule has 1 aromatic carbocycles. The number of aromatic hydroxyl groups is 1. The van der Waals surface area contributed by atoms with E-state index in [0.717, 1.165) is 5.56 Å². The summed E-state index contributed by atoms with van der Waals surface area (Å²) in [7, 11) is 0. The summed E-state index contributed by atoms with van der Waals surface area (Å²) in [5, 5.41) is 18.6. The summed E-state index contributed by atoms with van der Waals surface area (Å²) in [4.78, 5) is 11.9. The van der Waals surface area contributed by atoms with Crippen molar-refractivity contribution in [3.05, 3.63) is 29.3 Å². The molecule has 1 rings (SSSR count). The molecule has 0 heterocycles. The Hall–Kier alpha value is -1.35. The van der Waals surface area contributed by atoms with Crippen molar-refractivity contribution >= 4 is 5.78 Å². The van der Waals surface area contributed by atoms with Gasteiger partial charge in [0.15, 0.2) is 0 Å². The average molecular weight is 236 g/mol. The van der Waals surface area contributed by atoms with Gasteiger partial charge in [-0.1, -0.05) is 26.8 Å². The molecule has 0 aliphatic rings. The Morgan fingerprint density at radius 3 is 2.47 bits per heavy atom. The Kier molecular flexibility index (Phi) is 4.70. The smallest absolute Gasteiger partial charge is 0.140 e. The predicted octanol–water partition coefficient (Wildman–Crippen LogP) is 2.60. The third kappa shape index (κ3) is 3.07. The lowest BCUT2D eigenvalue weighted by Crippen LogP contribution is -2.17. The van der Waals surface area contributed by atoms with E-state index >= 15 is 0 Å². The van der Waals surface area contributed by atoms with E-state index in [2.05, 4.69) is 0 Å². The molecule has 0 amide bonds. The number of ketones is 1. The lowest BCUT2D eigenvalue weighted by atomic mass is 9.83. The highest BCUT2D eigenvalue weighted by Crippen LogP contribution is 2.30. The standard InChI is InChI=1S/C14H20O3/c1-4-12(16)14(9(2)3)10-5-6-13(17)11(7-10)8-15/h5-7,9,14-15,17H,4,8H2,1-3H3. The SMILES string of the molecule is CCC(=O)C(c1ccc(O)c(CO)c1)C(C)C. The molecule has 0 aliphatic carbocycles. The maximum atomic E-state index is 11.9. The molecule has 3 heteroatoms. The van der Waals surface area contributed by atoms with Gasteiger partial charge >= 0.3 is 0 Å². The summed E-state index contributed by atoms with van der Waals surface area (Å²) in [5.74, 6) is 0.307. The fraction of sp³-hybridized carbons (Fsp3) is 0.500. The molecule has 3 nitrogen and oxygen atoms in total. The summed E-state index contributed by atoms with van der Waals surface area (Å²) < 4.78 is 0. The summed E-state index contributed by atoms with van der Waals surface area (Å²) in [6.07, 6.45) is 0.498. The second-order valence-corrected chi connectivity index (χ2v) is 4.59. The van der Waals surface area contributed by atoms with Gasteiger partial charge in [0, 0.05) is 17.9 Å². The van der Waals surface area contributed by atoms with E-state index in [0.29, 0.717) is 12.0 Å². The first kappa shape index (κ1) is 13.7. The van der Waals surface area contributed by atoms with Crippen LogP contribution in [0.5, 0.6) is 5.75 Å². The largest absolute Gasteiger partial charge is 0.508 e. The number of phenols is 1. The van der Waals surface area contributed by atoms with Crippen molar-refractivity contribution in [2.75, 3.05) is 0 Å². The molecule has 2 N–H and O–H groups in total. The van der Waals surface area contributed by atoms with E-state index in [-0.39, 0.29) is 30.0 Å². The zero-order chi connectivity index (χ0) is 13.0. The highest BCUT2D eigenvalue weighted by atomic mass is 16.3. The minimum Gasteiger partial charge on any atom is -0.508 e. The van der Waals surface area contributed by atoms with Gasteiger partial charge < -0.3 is 10.2 Å². The molecule has 0 spiro atoms. The number of hydrogen-bond donors (Lipinski definition) is 2. The van der Waals surface area contributed by atoms with Crippen LogP contribution in [0.1, 0.15) is 44.2 Å². The van der Waals surface area contributed by atoms with Crippen LogP contribution < -0.4 is 0 Å². The number of hydrogen-bond acceptors (Lipinski definition) is 3. The predicted molar refractivity (Wildman–Crippen MR) is 66.9 cm³/mol. The van der Waals surface area contributed by atoms with Gasteiger partial charge in [-0.2, -0.15) is 0 Å². The Morgan fingerprint density at radius 2 is 2.00 bits per heavy atom. The summed E-state index contributed by atoms with van der Waals surface area (Å²) in [6, 6.07) is 5.01. The highest BCUT2D eigenvalue weighted by molar-refractivity contribution is 5.85. The summed E-state index contributed by atoms with van der Waals surface area (Å²) in [6.45, 7) is 5.64. The molecule has 94 valence electrons. The fourth-order valence-electron chi connectivity index (χ4n) is 2.09. The molecule has 0 saturated carbocycles. The molecule has 0 aromatic heterocycles. The zero-order valence-corrected chi connectivity index (χ0v) is 10.6. The van der Waals surface area contributed by atoms with Gasteiger partial charge in [-0.15, -0.1) is 0 Å². The Bertz CT molecular complexity index is 396. The third-order valence-corrected chi connectivity index (χ3v) is 3.00. The monoisotopic (exact) mass is 236 g/mol. The highest BCUT2D eigenvalue weighted by Gasteiger charge is 2.23. The van der Waals surface area contributed by atoms with E-state index in [1.54, 1.807) is 18.2 Å². The number of aliphatic hydroxyl groups is 1. The molecule has 0 aliphatic heterocycles. The quantitative estimate of drug-likeness (QED) is 0.826. The first-order chi connectivity index (χ1) is 8.01. The number of carbonyl (C=O) groups excluding carboxylic acids is 1. The minimum absolute atomic E-state index is 0.0719. The number of carbonyl (C=O) groups is 1. The lowest BCUT2D eigenvalue weighted by Gasteiger charge is -2.20. The molecule has 1 atom stereocenters. The first-order valence-corrected chi connectivity index (χ1v) is 5.96. The van der Waals surface area contributed by atoms with E-state index < -0.39 is 0 Å². The van der Waals surface area contributed by atoms with Gasteiger partial charge in [0.05, 0.1) is 6.61 Å². The molecular formula is C14H20O3. The second-order valence-electron chi connectivity index (χ2n) is 4.59. The van der Waals surface area contributed by atoms with Gasteiger partial charge in [0.2, 0.25) is 0 Å². The number of aliphatic hydroxyl groups excluding tert-OH is 1. The maximum Gasteiger partial charge on any atom is 0.140 e.